The van der Waals surface area contributed by atoms with Crippen LogP contribution < -0.4 is 5.32 Å². The third-order valence-electron chi connectivity index (χ3n) is 3.18. The molecule has 0 bridgehead atoms. The van der Waals surface area contributed by atoms with E-state index in [0.29, 0.717) is 0 Å². The van der Waals surface area contributed by atoms with Gasteiger partial charge in [0.15, 0.2) is 0 Å². The van der Waals surface area contributed by atoms with Crippen LogP contribution in [0.5, 0.6) is 0 Å². The molecular weight excluding hydrogens is 202 g/mol. The van der Waals surface area contributed by atoms with E-state index in [2.05, 4.69) is 22.2 Å². The van der Waals surface area contributed by atoms with Gasteiger partial charge in [0.1, 0.15) is 0 Å². The van der Waals surface area contributed by atoms with Crippen LogP contribution in [0, 0.1) is 0 Å². The second-order valence-corrected chi connectivity index (χ2v) is 4.89. The Kier molecular flexibility index (Phi) is 6.96. The lowest BCUT2D eigenvalue weighted by Crippen LogP contribution is -2.46. The molecule has 1 aliphatic rings. The van der Waals surface area contributed by atoms with Crippen LogP contribution >= 0.6 is 0 Å². The minimum absolute atomic E-state index is 0.153. The molecule has 2 N–H and O–H groups in total. The normalized spacial score (nSPS) is 21.2. The van der Waals surface area contributed by atoms with Crippen molar-refractivity contribution in [1.29, 1.82) is 0 Å². The van der Waals surface area contributed by atoms with Crippen molar-refractivity contribution in [3.05, 3.63) is 0 Å². The first-order chi connectivity index (χ1) is 7.68. The topological polar surface area (TPSA) is 38.7 Å². The van der Waals surface area contributed by atoms with E-state index in [9.17, 15) is 0 Å². The second kappa shape index (κ2) is 8.01. The van der Waals surface area contributed by atoms with Crippen LogP contribution in [0.2, 0.25) is 0 Å². The van der Waals surface area contributed by atoms with Crippen molar-refractivity contribution in [2.24, 2.45) is 0 Å². The highest BCUT2D eigenvalue weighted by molar-refractivity contribution is 4.69. The Balaban J connectivity index is 1.87. The number of piperazine rings is 1. The largest absolute Gasteiger partial charge is 0.393 e. The highest BCUT2D eigenvalue weighted by Gasteiger charge is 2.12. The van der Waals surface area contributed by atoms with Gasteiger partial charge in [-0.2, -0.15) is 0 Å². The van der Waals surface area contributed by atoms with Crippen LogP contribution in [0.15, 0.2) is 0 Å². The number of likely N-dealkylation sites (N-methyl/N-ethyl adjacent to an activating group) is 1. The molecule has 1 heterocycles. The van der Waals surface area contributed by atoms with Crippen molar-refractivity contribution >= 4 is 0 Å². The second-order valence-electron chi connectivity index (χ2n) is 4.89. The minimum Gasteiger partial charge on any atom is -0.393 e. The lowest BCUT2D eigenvalue weighted by atomic mass is 10.2. The summed E-state index contributed by atoms with van der Waals surface area (Å²) in [4.78, 5) is 4.90. The number of rotatable bonds is 7. The summed E-state index contributed by atoms with van der Waals surface area (Å²) in [5, 5.41) is 12.5. The highest BCUT2D eigenvalue weighted by Crippen LogP contribution is 1.97. The van der Waals surface area contributed by atoms with Gasteiger partial charge in [-0.25, -0.2) is 0 Å². The summed E-state index contributed by atoms with van der Waals surface area (Å²) >= 11 is 0. The molecule has 1 atom stereocenters. The monoisotopic (exact) mass is 229 g/mol. The fourth-order valence-corrected chi connectivity index (χ4v) is 1.96. The number of nitrogens with zero attached hydrogens (tertiary/aromatic N) is 2. The van der Waals surface area contributed by atoms with Crippen LogP contribution in [-0.4, -0.2) is 73.9 Å². The Morgan fingerprint density at radius 3 is 2.50 bits per heavy atom. The first-order valence-electron chi connectivity index (χ1n) is 6.48. The summed E-state index contributed by atoms with van der Waals surface area (Å²) < 4.78 is 0. The maximum atomic E-state index is 9.10. The van der Waals surface area contributed by atoms with E-state index < -0.39 is 0 Å². The predicted octanol–water partition coefficient (Wildman–Crippen LogP) is -0.0156. The van der Waals surface area contributed by atoms with Gasteiger partial charge in [0.05, 0.1) is 6.10 Å². The maximum Gasteiger partial charge on any atom is 0.0512 e. The molecule has 0 amide bonds. The minimum atomic E-state index is -0.153. The summed E-state index contributed by atoms with van der Waals surface area (Å²) in [5.41, 5.74) is 0. The van der Waals surface area contributed by atoms with Crippen LogP contribution in [-0.2, 0) is 0 Å². The van der Waals surface area contributed by atoms with Gasteiger partial charge < -0.3 is 15.3 Å². The number of hydrogen-bond donors (Lipinski definition) is 2. The molecule has 96 valence electrons. The van der Waals surface area contributed by atoms with E-state index in [1.807, 2.05) is 6.92 Å². The summed E-state index contributed by atoms with van der Waals surface area (Å²) in [6.07, 6.45) is 1.82. The summed E-state index contributed by atoms with van der Waals surface area (Å²) in [5.74, 6) is 0. The molecule has 0 radical (unpaired) electrons. The third-order valence-corrected chi connectivity index (χ3v) is 3.18. The maximum absolute atomic E-state index is 9.10. The van der Waals surface area contributed by atoms with E-state index in [1.165, 1.54) is 26.2 Å². The molecule has 0 saturated carbocycles. The van der Waals surface area contributed by atoms with Gasteiger partial charge in [0, 0.05) is 39.3 Å². The van der Waals surface area contributed by atoms with Crippen LogP contribution in [0.1, 0.15) is 19.8 Å². The number of aliphatic hydroxyl groups is 1. The van der Waals surface area contributed by atoms with E-state index in [-0.39, 0.29) is 6.10 Å². The van der Waals surface area contributed by atoms with Crippen molar-refractivity contribution in [3.63, 3.8) is 0 Å². The van der Waals surface area contributed by atoms with Crippen LogP contribution in [0.4, 0.5) is 0 Å². The lowest BCUT2D eigenvalue weighted by molar-refractivity contribution is 0.154. The molecule has 0 aliphatic carbocycles. The number of aliphatic hydroxyl groups excluding tert-OH is 1. The van der Waals surface area contributed by atoms with Crippen molar-refractivity contribution in [2.45, 2.75) is 25.9 Å². The van der Waals surface area contributed by atoms with Crippen molar-refractivity contribution < 1.29 is 5.11 Å². The Morgan fingerprint density at radius 1 is 1.19 bits per heavy atom. The summed E-state index contributed by atoms with van der Waals surface area (Å²) in [7, 11) is 2.19. The molecule has 1 rings (SSSR count). The average molecular weight is 229 g/mol. The molecule has 0 aromatic rings. The highest BCUT2D eigenvalue weighted by atomic mass is 16.3. The zero-order valence-electron chi connectivity index (χ0n) is 10.8. The van der Waals surface area contributed by atoms with Crippen molar-refractivity contribution in [3.8, 4) is 0 Å². The standard InChI is InChI=1S/C12H27N3O/c1-12(16)4-3-5-13-6-7-15-10-8-14(2)9-11-15/h12-13,16H,3-11H2,1-2H3. The van der Waals surface area contributed by atoms with Gasteiger partial charge in [-0.15, -0.1) is 0 Å². The molecule has 1 fully saturated rings. The fourth-order valence-electron chi connectivity index (χ4n) is 1.96. The molecule has 1 unspecified atom stereocenters. The van der Waals surface area contributed by atoms with E-state index in [4.69, 9.17) is 5.11 Å². The van der Waals surface area contributed by atoms with Crippen molar-refractivity contribution in [2.75, 3.05) is 52.9 Å². The quantitative estimate of drug-likeness (QED) is 0.602. The Bertz CT molecular complexity index is 168. The summed E-state index contributed by atoms with van der Waals surface area (Å²) in [6, 6.07) is 0. The van der Waals surface area contributed by atoms with Gasteiger partial charge in [0.2, 0.25) is 0 Å². The first-order valence-corrected chi connectivity index (χ1v) is 6.48. The Labute approximate surface area is 99.6 Å². The smallest absolute Gasteiger partial charge is 0.0512 e. The van der Waals surface area contributed by atoms with Gasteiger partial charge in [-0.3, -0.25) is 4.90 Å². The number of hydrogen-bond acceptors (Lipinski definition) is 4. The van der Waals surface area contributed by atoms with Gasteiger partial charge >= 0.3 is 0 Å². The Morgan fingerprint density at radius 2 is 1.88 bits per heavy atom. The number of nitrogens with one attached hydrogen (secondary N) is 1. The molecule has 4 heteroatoms. The van der Waals surface area contributed by atoms with Gasteiger partial charge in [-0.1, -0.05) is 0 Å². The van der Waals surface area contributed by atoms with E-state index >= 15 is 0 Å². The molecule has 0 aromatic carbocycles. The zero-order valence-corrected chi connectivity index (χ0v) is 10.8. The molecule has 0 spiro atoms. The van der Waals surface area contributed by atoms with Gasteiger partial charge in [0.25, 0.3) is 0 Å². The van der Waals surface area contributed by atoms with Crippen LogP contribution in [0.3, 0.4) is 0 Å². The lowest BCUT2D eigenvalue weighted by Gasteiger charge is -2.32. The molecule has 1 saturated heterocycles. The zero-order chi connectivity index (χ0) is 11.8. The molecule has 16 heavy (non-hydrogen) atoms. The van der Waals surface area contributed by atoms with E-state index in [1.54, 1.807) is 0 Å². The molecule has 4 nitrogen and oxygen atoms in total. The van der Waals surface area contributed by atoms with Crippen LogP contribution in [0.25, 0.3) is 0 Å². The predicted molar refractivity (Wildman–Crippen MR) is 67.7 cm³/mol. The molecular formula is C12H27N3O. The molecule has 1 aliphatic heterocycles. The SMILES string of the molecule is CC(O)CCCNCCN1CCN(C)CC1. The van der Waals surface area contributed by atoms with E-state index in [0.717, 1.165) is 32.5 Å². The van der Waals surface area contributed by atoms with Crippen molar-refractivity contribution in [1.82, 2.24) is 15.1 Å². The average Bonchev–Trinajstić information content (AvgIpc) is 2.25. The Hall–Kier alpha value is -0.160. The molecule has 0 aromatic heterocycles. The third kappa shape index (κ3) is 6.43. The first kappa shape index (κ1) is 13.9. The fraction of sp³-hybridized carbons (Fsp3) is 1.00. The summed E-state index contributed by atoms with van der Waals surface area (Å²) in [6.45, 7) is 9.90. The van der Waals surface area contributed by atoms with Gasteiger partial charge in [-0.05, 0) is 33.4 Å².